The van der Waals surface area contributed by atoms with Gasteiger partial charge in [-0.1, -0.05) is 39.8 Å². The predicted octanol–water partition coefficient (Wildman–Crippen LogP) is 3.93. The number of benzene rings is 1. The number of rotatable bonds is 4. The van der Waals surface area contributed by atoms with Crippen LogP contribution in [-0.4, -0.2) is 17.7 Å². The molecular weight excluding hydrogens is 262 g/mol. The zero-order valence-electron chi connectivity index (χ0n) is 14.2. The Hall–Kier alpha value is -1.22. The number of hydrogen-bond donors (Lipinski definition) is 1. The fourth-order valence-corrected chi connectivity index (χ4v) is 2.94. The highest BCUT2D eigenvalue weighted by Crippen LogP contribution is 2.43. The van der Waals surface area contributed by atoms with E-state index in [1.54, 1.807) is 0 Å². The molecule has 2 unspecified atom stereocenters. The highest BCUT2D eigenvalue weighted by Gasteiger charge is 2.36. The van der Waals surface area contributed by atoms with Gasteiger partial charge in [0.05, 0.1) is 0 Å². The van der Waals surface area contributed by atoms with Gasteiger partial charge in [0.1, 0.15) is 11.7 Å². The summed E-state index contributed by atoms with van der Waals surface area (Å²) in [5.41, 5.74) is 7.32. The van der Waals surface area contributed by atoms with Gasteiger partial charge < -0.3 is 15.2 Å². The summed E-state index contributed by atoms with van der Waals surface area (Å²) >= 11 is 0. The van der Waals surface area contributed by atoms with E-state index in [0.717, 1.165) is 24.3 Å². The lowest BCUT2D eigenvalue weighted by Crippen LogP contribution is -2.47. The lowest BCUT2D eigenvalue weighted by atomic mass is 9.84. The van der Waals surface area contributed by atoms with Crippen LogP contribution < -0.4 is 15.2 Å². The Morgan fingerprint density at radius 3 is 2.57 bits per heavy atom. The third-order valence-corrected chi connectivity index (χ3v) is 4.02. The van der Waals surface area contributed by atoms with Gasteiger partial charge in [0.25, 0.3) is 0 Å². The van der Waals surface area contributed by atoms with E-state index < -0.39 is 0 Å². The molecule has 21 heavy (non-hydrogen) atoms. The second kappa shape index (κ2) is 5.53. The van der Waals surface area contributed by atoms with E-state index in [9.17, 15) is 0 Å². The number of ether oxygens (including phenoxy) is 2. The zero-order valence-corrected chi connectivity index (χ0v) is 14.2. The number of para-hydroxylation sites is 1. The second-order valence-corrected chi connectivity index (χ2v) is 7.76. The van der Waals surface area contributed by atoms with Crippen molar-refractivity contribution < 1.29 is 9.47 Å². The maximum absolute atomic E-state index is 6.32. The van der Waals surface area contributed by atoms with E-state index in [1.807, 2.05) is 12.1 Å². The highest BCUT2D eigenvalue weighted by molar-refractivity contribution is 5.50. The molecule has 2 rings (SSSR count). The van der Waals surface area contributed by atoms with Crippen LogP contribution in [0.4, 0.5) is 0 Å². The Morgan fingerprint density at radius 2 is 2.00 bits per heavy atom. The highest BCUT2D eigenvalue weighted by atomic mass is 16.5. The smallest absolute Gasteiger partial charge is 0.165 e. The molecule has 0 amide bonds. The molecule has 118 valence electrons. The molecular formula is C18H29NO2. The molecule has 0 aromatic heterocycles. The monoisotopic (exact) mass is 291 g/mol. The summed E-state index contributed by atoms with van der Waals surface area (Å²) in [6, 6.07) is 6.15. The van der Waals surface area contributed by atoms with Gasteiger partial charge in [-0.3, -0.25) is 0 Å². The number of hydrogen-bond acceptors (Lipinski definition) is 3. The minimum Gasteiger partial charge on any atom is -0.484 e. The lowest BCUT2D eigenvalue weighted by Gasteiger charge is -2.35. The van der Waals surface area contributed by atoms with Gasteiger partial charge in [0.2, 0.25) is 0 Å². The summed E-state index contributed by atoms with van der Waals surface area (Å²) in [5.74, 6) is 1.71. The van der Waals surface area contributed by atoms with Crippen LogP contribution in [0.15, 0.2) is 18.2 Å². The molecule has 0 fully saturated rings. The van der Waals surface area contributed by atoms with Crippen LogP contribution in [0.3, 0.4) is 0 Å². The average molecular weight is 291 g/mol. The summed E-state index contributed by atoms with van der Waals surface area (Å²) < 4.78 is 12.4. The van der Waals surface area contributed by atoms with Crippen molar-refractivity contribution in [3.05, 3.63) is 23.8 Å². The number of fused-ring (bicyclic) bond motifs is 1. The normalized spacial score (nSPS) is 19.6. The third-order valence-electron chi connectivity index (χ3n) is 4.02. The fraction of sp³-hybridized carbons (Fsp3) is 0.667. The van der Waals surface area contributed by atoms with Gasteiger partial charge in [-0.2, -0.15) is 0 Å². The van der Waals surface area contributed by atoms with E-state index in [0.29, 0.717) is 0 Å². The molecule has 1 aromatic carbocycles. The molecule has 3 nitrogen and oxygen atoms in total. The molecule has 0 saturated heterocycles. The molecule has 2 N–H and O–H groups in total. The SMILES string of the molecule is CCC(N)C(Oc1cccc2c1OC(C)(C)C2)C(C)(C)C. The van der Waals surface area contributed by atoms with Crippen LogP contribution in [0, 0.1) is 5.41 Å². The van der Waals surface area contributed by atoms with E-state index in [1.165, 1.54) is 5.56 Å². The van der Waals surface area contributed by atoms with Gasteiger partial charge in [0.15, 0.2) is 11.5 Å². The molecule has 0 aliphatic carbocycles. The molecule has 0 saturated carbocycles. The first-order valence-electron chi connectivity index (χ1n) is 7.87. The molecule has 0 spiro atoms. The first-order chi connectivity index (χ1) is 9.64. The molecule has 1 aromatic rings. The van der Waals surface area contributed by atoms with Crippen molar-refractivity contribution in [1.29, 1.82) is 0 Å². The minimum absolute atomic E-state index is 0.00951. The quantitative estimate of drug-likeness (QED) is 0.914. The Morgan fingerprint density at radius 1 is 1.33 bits per heavy atom. The van der Waals surface area contributed by atoms with Crippen LogP contribution >= 0.6 is 0 Å². The third kappa shape index (κ3) is 3.52. The van der Waals surface area contributed by atoms with Crippen molar-refractivity contribution in [2.75, 3.05) is 0 Å². The van der Waals surface area contributed by atoms with Crippen molar-refractivity contribution in [3.63, 3.8) is 0 Å². The molecule has 1 aliphatic rings. The summed E-state index contributed by atoms with van der Waals surface area (Å²) in [6.07, 6.45) is 1.77. The maximum atomic E-state index is 6.32. The molecule has 2 atom stereocenters. The van der Waals surface area contributed by atoms with Crippen molar-refractivity contribution in [2.45, 2.75) is 72.1 Å². The Bertz CT molecular complexity index is 502. The van der Waals surface area contributed by atoms with E-state index in [2.05, 4.69) is 47.6 Å². The van der Waals surface area contributed by atoms with Gasteiger partial charge >= 0.3 is 0 Å². The zero-order chi connectivity index (χ0) is 15.8. The largest absolute Gasteiger partial charge is 0.484 e. The van der Waals surface area contributed by atoms with E-state index in [-0.39, 0.29) is 23.2 Å². The topological polar surface area (TPSA) is 44.5 Å². The lowest BCUT2D eigenvalue weighted by molar-refractivity contribution is 0.0548. The first kappa shape index (κ1) is 16.2. The summed E-state index contributed by atoms with van der Waals surface area (Å²) in [5, 5.41) is 0. The van der Waals surface area contributed by atoms with Crippen molar-refractivity contribution in [2.24, 2.45) is 11.1 Å². The van der Waals surface area contributed by atoms with Gasteiger partial charge in [0, 0.05) is 23.4 Å². The standard InChI is InChI=1S/C18H29NO2/c1-7-13(19)16(17(2,3)4)20-14-10-8-9-12-11-18(5,6)21-15(12)14/h8-10,13,16H,7,11,19H2,1-6H3. The molecule has 0 radical (unpaired) electrons. The molecule has 1 heterocycles. The van der Waals surface area contributed by atoms with E-state index in [4.69, 9.17) is 15.2 Å². The summed E-state index contributed by atoms with van der Waals surface area (Å²) in [7, 11) is 0. The summed E-state index contributed by atoms with van der Waals surface area (Å²) in [6.45, 7) is 12.8. The van der Waals surface area contributed by atoms with Crippen molar-refractivity contribution >= 4 is 0 Å². The predicted molar refractivity (Wildman–Crippen MR) is 87.0 cm³/mol. The van der Waals surface area contributed by atoms with Crippen LogP contribution in [0.5, 0.6) is 11.5 Å². The van der Waals surface area contributed by atoms with Crippen LogP contribution in [0.25, 0.3) is 0 Å². The Kier molecular flexibility index (Phi) is 4.25. The first-order valence-corrected chi connectivity index (χ1v) is 7.87. The second-order valence-electron chi connectivity index (χ2n) is 7.76. The Balaban J connectivity index is 2.30. The van der Waals surface area contributed by atoms with Crippen molar-refractivity contribution in [3.8, 4) is 11.5 Å². The molecule has 1 aliphatic heterocycles. The fourth-order valence-electron chi connectivity index (χ4n) is 2.94. The van der Waals surface area contributed by atoms with Gasteiger partial charge in [-0.15, -0.1) is 0 Å². The maximum Gasteiger partial charge on any atom is 0.165 e. The van der Waals surface area contributed by atoms with Crippen LogP contribution in [0.1, 0.15) is 53.5 Å². The minimum atomic E-state index is -0.161. The van der Waals surface area contributed by atoms with E-state index >= 15 is 0 Å². The molecule has 3 heteroatoms. The van der Waals surface area contributed by atoms with Crippen molar-refractivity contribution in [1.82, 2.24) is 0 Å². The summed E-state index contributed by atoms with van der Waals surface area (Å²) in [4.78, 5) is 0. The average Bonchev–Trinajstić information content (AvgIpc) is 2.68. The van der Waals surface area contributed by atoms with Crippen LogP contribution in [0.2, 0.25) is 0 Å². The Labute approximate surface area is 128 Å². The number of nitrogens with two attached hydrogens (primary N) is 1. The molecule has 0 bridgehead atoms. The van der Waals surface area contributed by atoms with Gasteiger partial charge in [-0.05, 0) is 26.3 Å². The van der Waals surface area contributed by atoms with Gasteiger partial charge in [-0.25, -0.2) is 0 Å². The van der Waals surface area contributed by atoms with Crippen LogP contribution in [-0.2, 0) is 6.42 Å².